The van der Waals surface area contributed by atoms with E-state index in [0.717, 1.165) is 12.0 Å². The highest BCUT2D eigenvalue weighted by molar-refractivity contribution is 7.80. The minimum atomic E-state index is -0.338. The topological polar surface area (TPSA) is 47.6 Å². The minimum Gasteiger partial charge on any atom is -0.358 e. The Bertz CT molecular complexity index is 635. The second-order valence-electron chi connectivity index (χ2n) is 8.44. The van der Waals surface area contributed by atoms with Gasteiger partial charge in [0.25, 0.3) is 0 Å². The Morgan fingerprint density at radius 3 is 2.39 bits per heavy atom. The molecule has 0 aliphatic heterocycles. The van der Waals surface area contributed by atoms with Crippen molar-refractivity contribution >= 4 is 23.2 Å². The van der Waals surface area contributed by atoms with Crippen LogP contribution in [0.3, 0.4) is 0 Å². The molecule has 1 aromatic rings. The number of amides is 1. The molecule has 0 heterocycles. The lowest BCUT2D eigenvalue weighted by atomic mass is 9.89. The summed E-state index contributed by atoms with van der Waals surface area (Å²) in [5, 5.41) is 7.37. The molecule has 2 rings (SSSR count). The lowest BCUT2D eigenvalue weighted by Gasteiger charge is -2.38. The number of nitrogens with one attached hydrogen (secondary N) is 2. The molecule has 2 N–H and O–H groups in total. The maximum Gasteiger partial charge on any atom is 0.245 e. The fraction of sp³-hybridized carbons (Fsp3) is 0.636. The molecule has 0 aromatic heterocycles. The molecule has 0 spiro atoms. The smallest absolute Gasteiger partial charge is 0.245 e. The van der Waals surface area contributed by atoms with Crippen molar-refractivity contribution in [3.63, 3.8) is 0 Å². The molecule has 0 unspecified atom stereocenters. The molecule has 0 bridgehead atoms. The third kappa shape index (κ3) is 6.45. The summed E-state index contributed by atoms with van der Waals surface area (Å²) in [5.41, 5.74) is 1.12. The van der Waals surface area contributed by atoms with Crippen LogP contribution in [0.5, 0.6) is 0 Å². The average Bonchev–Trinajstić information content (AvgIpc) is 2.66. The first-order valence-electron chi connectivity index (χ1n) is 10.3. The second-order valence-corrected chi connectivity index (χ2v) is 8.85. The first-order chi connectivity index (χ1) is 13.3. The number of hydrogen-bond donors (Lipinski definition) is 2. The summed E-state index contributed by atoms with van der Waals surface area (Å²) in [6.45, 7) is 4.70. The van der Waals surface area contributed by atoms with Crippen LogP contribution in [0.15, 0.2) is 30.3 Å². The van der Waals surface area contributed by atoms with Gasteiger partial charge in [0.2, 0.25) is 5.91 Å². The van der Waals surface area contributed by atoms with Crippen LogP contribution in [0.25, 0.3) is 0 Å². The lowest BCUT2D eigenvalue weighted by Crippen LogP contribution is -2.57. The van der Waals surface area contributed by atoms with Crippen LogP contribution >= 0.6 is 12.2 Å². The van der Waals surface area contributed by atoms with Crippen LogP contribution in [0, 0.1) is 5.92 Å². The predicted molar refractivity (Wildman–Crippen MR) is 120 cm³/mol. The summed E-state index contributed by atoms with van der Waals surface area (Å²) < 4.78 is 0. The third-order valence-corrected chi connectivity index (χ3v) is 5.80. The normalized spacial score (nSPS) is 20.7. The summed E-state index contributed by atoms with van der Waals surface area (Å²) in [6.07, 6.45) is 4.77. The van der Waals surface area contributed by atoms with Crippen LogP contribution in [-0.4, -0.2) is 60.1 Å². The van der Waals surface area contributed by atoms with E-state index in [4.69, 9.17) is 12.2 Å². The molecule has 1 fully saturated rings. The molecular formula is C22H36N4OS. The van der Waals surface area contributed by atoms with Gasteiger partial charge in [-0.3, -0.25) is 4.79 Å². The van der Waals surface area contributed by atoms with Crippen molar-refractivity contribution in [2.75, 3.05) is 21.1 Å². The predicted octanol–water partition coefficient (Wildman–Crippen LogP) is 3.01. The maximum atomic E-state index is 13.1. The van der Waals surface area contributed by atoms with Crippen molar-refractivity contribution in [2.24, 2.45) is 5.92 Å². The molecule has 1 aromatic carbocycles. The fourth-order valence-corrected chi connectivity index (χ4v) is 4.21. The molecule has 1 saturated carbocycles. The van der Waals surface area contributed by atoms with Gasteiger partial charge in [0, 0.05) is 25.7 Å². The minimum absolute atomic E-state index is 0.0656. The number of nitrogens with zero attached hydrogens (tertiary/aromatic N) is 2. The Labute approximate surface area is 175 Å². The van der Waals surface area contributed by atoms with E-state index in [1.165, 1.54) is 19.3 Å². The molecule has 6 heteroatoms. The molecule has 3 atom stereocenters. The van der Waals surface area contributed by atoms with Gasteiger partial charge in [0.05, 0.1) is 0 Å². The molecule has 0 radical (unpaired) electrons. The van der Waals surface area contributed by atoms with E-state index in [-0.39, 0.29) is 17.9 Å². The van der Waals surface area contributed by atoms with Crippen molar-refractivity contribution < 1.29 is 4.79 Å². The molecule has 156 valence electrons. The van der Waals surface area contributed by atoms with E-state index < -0.39 is 0 Å². The number of hydrogen-bond acceptors (Lipinski definition) is 3. The lowest BCUT2D eigenvalue weighted by molar-refractivity contribution is -0.133. The van der Waals surface area contributed by atoms with Gasteiger partial charge in [0.15, 0.2) is 5.11 Å². The highest BCUT2D eigenvalue weighted by Crippen LogP contribution is 2.21. The Morgan fingerprint density at radius 1 is 1.14 bits per heavy atom. The van der Waals surface area contributed by atoms with Crippen LogP contribution in [0.2, 0.25) is 0 Å². The van der Waals surface area contributed by atoms with E-state index in [2.05, 4.69) is 43.5 Å². The van der Waals surface area contributed by atoms with Gasteiger partial charge in [-0.05, 0) is 50.6 Å². The van der Waals surface area contributed by atoms with E-state index in [1.807, 2.05) is 37.4 Å². The van der Waals surface area contributed by atoms with Gasteiger partial charge in [-0.25, -0.2) is 0 Å². The maximum absolute atomic E-state index is 13.1. The first kappa shape index (κ1) is 22.6. The van der Waals surface area contributed by atoms with Crippen molar-refractivity contribution in [1.29, 1.82) is 0 Å². The van der Waals surface area contributed by atoms with E-state index in [0.29, 0.717) is 23.7 Å². The van der Waals surface area contributed by atoms with Crippen molar-refractivity contribution in [1.82, 2.24) is 20.4 Å². The summed E-state index contributed by atoms with van der Waals surface area (Å²) >= 11 is 5.59. The standard InChI is InChI=1S/C22H36N4OS/c1-16(2)20(21(27)26(5)15-17-11-7-6-8-12-17)24-22(28)23-18-13-9-10-14-19(18)25(3)4/h6-8,11-12,16,18-20H,9-10,13-15H2,1-5H3,(H2,23,24,28)/t18-,19-,20+/m1/s1. The van der Waals surface area contributed by atoms with Gasteiger partial charge in [-0.2, -0.15) is 0 Å². The van der Waals surface area contributed by atoms with Gasteiger partial charge < -0.3 is 20.4 Å². The Hall–Kier alpha value is -1.66. The summed E-state index contributed by atoms with van der Waals surface area (Å²) in [4.78, 5) is 17.1. The third-order valence-electron chi connectivity index (χ3n) is 5.57. The molecule has 1 aliphatic rings. The number of rotatable bonds is 7. The fourth-order valence-electron chi connectivity index (χ4n) is 3.94. The van der Waals surface area contributed by atoms with Gasteiger partial charge >= 0.3 is 0 Å². The van der Waals surface area contributed by atoms with Crippen LogP contribution in [0.1, 0.15) is 45.1 Å². The molecule has 0 saturated heterocycles. The molecule has 1 aliphatic carbocycles. The highest BCUT2D eigenvalue weighted by Gasteiger charge is 2.30. The van der Waals surface area contributed by atoms with Crippen LogP contribution in [0.4, 0.5) is 0 Å². The number of benzene rings is 1. The first-order valence-corrected chi connectivity index (χ1v) is 10.7. The van der Waals surface area contributed by atoms with Gasteiger partial charge in [0.1, 0.15) is 6.04 Å². The second kappa shape index (κ2) is 10.8. The van der Waals surface area contributed by atoms with Gasteiger partial charge in [-0.15, -0.1) is 0 Å². The quantitative estimate of drug-likeness (QED) is 0.684. The molecule has 28 heavy (non-hydrogen) atoms. The van der Waals surface area contributed by atoms with Gasteiger partial charge in [-0.1, -0.05) is 57.0 Å². The van der Waals surface area contributed by atoms with Crippen molar-refractivity contribution in [2.45, 2.75) is 64.2 Å². The Kier molecular flexibility index (Phi) is 8.70. The largest absolute Gasteiger partial charge is 0.358 e. The Morgan fingerprint density at radius 2 is 1.79 bits per heavy atom. The van der Waals surface area contributed by atoms with E-state index in [9.17, 15) is 4.79 Å². The van der Waals surface area contributed by atoms with Crippen LogP contribution in [-0.2, 0) is 11.3 Å². The number of thiocarbonyl (C=S) groups is 1. The zero-order valence-corrected chi connectivity index (χ0v) is 18.8. The zero-order valence-electron chi connectivity index (χ0n) is 17.9. The number of carbonyl (C=O) groups excluding carboxylic acids is 1. The highest BCUT2D eigenvalue weighted by atomic mass is 32.1. The summed E-state index contributed by atoms with van der Waals surface area (Å²) in [5.74, 6) is 0.206. The average molecular weight is 405 g/mol. The zero-order chi connectivity index (χ0) is 20.7. The molecule has 5 nitrogen and oxygen atoms in total. The van der Waals surface area contributed by atoms with E-state index >= 15 is 0 Å². The van der Waals surface area contributed by atoms with Crippen molar-refractivity contribution in [3.05, 3.63) is 35.9 Å². The monoisotopic (exact) mass is 404 g/mol. The summed E-state index contributed by atoms with van der Waals surface area (Å²) in [6, 6.07) is 10.5. The molecule has 1 amide bonds. The number of carbonyl (C=O) groups is 1. The van der Waals surface area contributed by atoms with E-state index in [1.54, 1.807) is 4.90 Å². The Balaban J connectivity index is 1.97. The molecular weight excluding hydrogens is 368 g/mol. The van der Waals surface area contributed by atoms with Crippen LogP contribution < -0.4 is 10.6 Å². The summed E-state index contributed by atoms with van der Waals surface area (Å²) in [7, 11) is 6.10. The SMILES string of the molecule is CC(C)[C@H](NC(=S)N[C@@H]1CCCC[C@H]1N(C)C)C(=O)N(C)Cc1ccccc1. The van der Waals surface area contributed by atoms with Crippen molar-refractivity contribution in [3.8, 4) is 0 Å². The number of likely N-dealkylation sites (N-methyl/N-ethyl adjacent to an activating group) is 2.